The zero-order valence-electron chi connectivity index (χ0n) is 17.7. The molecule has 0 saturated carbocycles. The van der Waals surface area contributed by atoms with E-state index in [4.69, 9.17) is 17.3 Å². The molecule has 174 valence electrons. The molecule has 0 fully saturated rings. The van der Waals surface area contributed by atoms with Gasteiger partial charge < -0.3 is 11.1 Å². The van der Waals surface area contributed by atoms with Gasteiger partial charge in [-0.3, -0.25) is 9.20 Å². The third-order valence-corrected chi connectivity index (χ3v) is 6.14. The minimum absolute atomic E-state index is 0.0359. The van der Waals surface area contributed by atoms with Gasteiger partial charge in [0, 0.05) is 19.0 Å². The number of imidazole rings is 1. The second-order valence-corrected chi connectivity index (χ2v) is 8.45. The molecular formula is C22H17ClF3N7O. The summed E-state index contributed by atoms with van der Waals surface area (Å²) in [5.41, 5.74) is 6.76. The lowest BCUT2D eigenvalue weighted by atomic mass is 9.78. The number of hydrogen-bond donors (Lipinski definition) is 2. The van der Waals surface area contributed by atoms with Crippen molar-refractivity contribution < 1.29 is 18.0 Å². The second-order valence-electron chi connectivity index (χ2n) is 8.06. The van der Waals surface area contributed by atoms with Gasteiger partial charge in [0.25, 0.3) is 0 Å². The first-order valence-corrected chi connectivity index (χ1v) is 10.6. The number of nitrogens with zero attached hydrogens (tertiary/aromatic N) is 5. The van der Waals surface area contributed by atoms with E-state index in [1.54, 1.807) is 6.92 Å². The van der Waals surface area contributed by atoms with Crippen LogP contribution < -0.4 is 11.1 Å². The Labute approximate surface area is 196 Å². The predicted octanol–water partition coefficient (Wildman–Crippen LogP) is 4.17. The Morgan fingerprint density at radius 1 is 1.18 bits per heavy atom. The minimum atomic E-state index is -4.37. The van der Waals surface area contributed by atoms with Crippen LogP contribution >= 0.6 is 11.6 Å². The standard InChI is InChI=1S/C22H17ClF3N7O/c1-21(11-5-3-2-4-6-11)15-16(27)30-17(31-18(15)32-20(21)34)13-10-33-14(23)9-28-19(33)12(29-13)7-8-22(24,25)26/h2-6,9-10H,7-8H2,1H3,(H3,27,30,31,32,34). The third-order valence-electron chi connectivity index (χ3n) is 5.87. The highest BCUT2D eigenvalue weighted by atomic mass is 35.5. The summed E-state index contributed by atoms with van der Waals surface area (Å²) in [5.74, 6) is -0.0120. The van der Waals surface area contributed by atoms with E-state index in [-0.39, 0.29) is 45.6 Å². The molecule has 1 unspecified atom stereocenters. The van der Waals surface area contributed by atoms with Crippen molar-refractivity contribution in [1.82, 2.24) is 24.3 Å². The molecule has 8 nitrogen and oxygen atoms in total. The number of alkyl halides is 3. The smallest absolute Gasteiger partial charge is 0.383 e. The molecule has 4 aromatic rings. The van der Waals surface area contributed by atoms with Crippen LogP contribution in [0.15, 0.2) is 42.7 Å². The summed E-state index contributed by atoms with van der Waals surface area (Å²) in [7, 11) is 0. The fraction of sp³-hybridized carbons (Fsp3) is 0.227. The fourth-order valence-corrected chi connectivity index (χ4v) is 4.31. The maximum absolute atomic E-state index is 13.0. The first kappa shape index (κ1) is 22.1. The van der Waals surface area contributed by atoms with E-state index in [0.717, 1.165) is 0 Å². The summed E-state index contributed by atoms with van der Waals surface area (Å²) < 4.78 is 40.0. The number of amides is 1. The van der Waals surface area contributed by atoms with Gasteiger partial charge in [-0.25, -0.2) is 19.9 Å². The predicted molar refractivity (Wildman–Crippen MR) is 119 cm³/mol. The molecule has 12 heteroatoms. The van der Waals surface area contributed by atoms with Gasteiger partial charge in [-0.2, -0.15) is 13.2 Å². The Hall–Kier alpha value is -3.73. The van der Waals surface area contributed by atoms with Gasteiger partial charge in [-0.15, -0.1) is 0 Å². The average molecular weight is 488 g/mol. The third kappa shape index (κ3) is 3.52. The zero-order valence-corrected chi connectivity index (χ0v) is 18.4. The summed E-state index contributed by atoms with van der Waals surface area (Å²) in [6.07, 6.45) is -3.07. The second kappa shape index (κ2) is 7.66. The molecule has 4 heterocycles. The van der Waals surface area contributed by atoms with Gasteiger partial charge in [0.05, 0.1) is 17.5 Å². The van der Waals surface area contributed by atoms with Crippen LogP contribution in [0.3, 0.4) is 0 Å². The van der Waals surface area contributed by atoms with Crippen molar-refractivity contribution in [3.8, 4) is 11.5 Å². The number of carbonyl (C=O) groups excluding carboxylic acids is 1. The Kier molecular flexibility index (Phi) is 4.97. The molecule has 0 saturated heterocycles. The molecule has 1 aliphatic rings. The monoisotopic (exact) mass is 487 g/mol. The number of nitrogens with two attached hydrogens (primary N) is 1. The van der Waals surface area contributed by atoms with E-state index in [1.807, 2.05) is 30.3 Å². The van der Waals surface area contributed by atoms with Gasteiger partial charge >= 0.3 is 6.18 Å². The van der Waals surface area contributed by atoms with Crippen molar-refractivity contribution in [2.24, 2.45) is 0 Å². The van der Waals surface area contributed by atoms with Crippen molar-refractivity contribution in [3.63, 3.8) is 0 Å². The number of halogens is 4. The highest BCUT2D eigenvalue weighted by Gasteiger charge is 2.47. The number of aromatic nitrogens is 5. The molecule has 3 aromatic heterocycles. The molecule has 0 bridgehead atoms. The first-order valence-electron chi connectivity index (χ1n) is 10.2. The number of nitrogens with one attached hydrogen (secondary N) is 1. The van der Waals surface area contributed by atoms with Crippen LogP contribution in [-0.2, 0) is 16.6 Å². The summed E-state index contributed by atoms with van der Waals surface area (Å²) in [5, 5.41) is 2.93. The van der Waals surface area contributed by atoms with E-state index in [0.29, 0.717) is 11.1 Å². The number of fused-ring (bicyclic) bond motifs is 2. The SMILES string of the molecule is CC1(c2ccccc2)C(=O)Nc2nc(-c3cn4c(Cl)cnc4c(CCC(F)(F)F)n3)nc(N)c21. The van der Waals surface area contributed by atoms with Crippen molar-refractivity contribution >= 4 is 34.8 Å². The lowest BCUT2D eigenvalue weighted by Gasteiger charge is -2.23. The van der Waals surface area contributed by atoms with Gasteiger partial charge in [-0.1, -0.05) is 41.9 Å². The fourth-order valence-electron chi connectivity index (χ4n) is 4.13. The molecule has 1 aromatic carbocycles. The lowest BCUT2D eigenvalue weighted by molar-refractivity contribution is -0.134. The van der Waals surface area contributed by atoms with Crippen LogP contribution in [0.4, 0.5) is 24.8 Å². The Morgan fingerprint density at radius 2 is 1.91 bits per heavy atom. The van der Waals surface area contributed by atoms with Crippen LogP contribution in [0.25, 0.3) is 17.2 Å². The number of nitrogen functional groups attached to an aromatic ring is 1. The van der Waals surface area contributed by atoms with Gasteiger partial charge in [0.1, 0.15) is 27.9 Å². The molecule has 1 atom stereocenters. The summed E-state index contributed by atoms with van der Waals surface area (Å²) >= 11 is 6.17. The largest absolute Gasteiger partial charge is 0.389 e. The van der Waals surface area contributed by atoms with E-state index < -0.39 is 24.4 Å². The van der Waals surface area contributed by atoms with Gasteiger partial charge in [-0.05, 0) is 12.5 Å². The number of benzene rings is 1. The van der Waals surface area contributed by atoms with E-state index in [2.05, 4.69) is 25.3 Å². The maximum atomic E-state index is 13.0. The topological polar surface area (TPSA) is 111 Å². The minimum Gasteiger partial charge on any atom is -0.383 e. The number of aryl methyl sites for hydroxylation is 1. The molecule has 0 aliphatic carbocycles. The molecule has 0 spiro atoms. The number of hydrogen-bond acceptors (Lipinski definition) is 6. The summed E-state index contributed by atoms with van der Waals surface area (Å²) in [6, 6.07) is 9.08. The molecule has 0 radical (unpaired) electrons. The highest BCUT2D eigenvalue weighted by molar-refractivity contribution is 6.29. The van der Waals surface area contributed by atoms with E-state index >= 15 is 0 Å². The Bertz CT molecular complexity index is 1440. The molecular weight excluding hydrogens is 471 g/mol. The number of anilines is 2. The van der Waals surface area contributed by atoms with Crippen molar-refractivity contribution in [1.29, 1.82) is 0 Å². The molecule has 5 rings (SSSR count). The normalized spacial score (nSPS) is 17.7. The lowest BCUT2D eigenvalue weighted by Crippen LogP contribution is -2.32. The van der Waals surface area contributed by atoms with Crippen LogP contribution in [0.5, 0.6) is 0 Å². The molecule has 34 heavy (non-hydrogen) atoms. The van der Waals surface area contributed by atoms with Gasteiger partial charge in [0.2, 0.25) is 5.91 Å². The quantitative estimate of drug-likeness (QED) is 0.447. The van der Waals surface area contributed by atoms with Crippen LogP contribution in [0, 0.1) is 0 Å². The van der Waals surface area contributed by atoms with Crippen molar-refractivity contribution in [3.05, 3.63) is 64.7 Å². The van der Waals surface area contributed by atoms with E-state index in [9.17, 15) is 18.0 Å². The molecule has 1 amide bonds. The van der Waals surface area contributed by atoms with Crippen molar-refractivity contribution in [2.75, 3.05) is 11.1 Å². The van der Waals surface area contributed by atoms with E-state index in [1.165, 1.54) is 16.8 Å². The van der Waals surface area contributed by atoms with Crippen LogP contribution in [0.2, 0.25) is 5.15 Å². The summed E-state index contributed by atoms with van der Waals surface area (Å²) in [4.78, 5) is 30.2. The number of rotatable bonds is 4. The summed E-state index contributed by atoms with van der Waals surface area (Å²) in [6.45, 7) is 1.73. The van der Waals surface area contributed by atoms with Crippen LogP contribution in [0.1, 0.15) is 30.2 Å². The zero-order chi connectivity index (χ0) is 24.3. The molecule has 3 N–H and O–H groups in total. The molecule has 1 aliphatic heterocycles. The average Bonchev–Trinajstić information content (AvgIpc) is 3.29. The first-order chi connectivity index (χ1) is 16.1. The Balaban J connectivity index is 1.63. The maximum Gasteiger partial charge on any atom is 0.389 e. The van der Waals surface area contributed by atoms with Crippen LogP contribution in [-0.4, -0.2) is 36.4 Å². The van der Waals surface area contributed by atoms with Crippen molar-refractivity contribution in [2.45, 2.75) is 31.4 Å². The number of carbonyl (C=O) groups is 1. The highest BCUT2D eigenvalue weighted by Crippen LogP contribution is 2.44. The Morgan fingerprint density at radius 3 is 2.62 bits per heavy atom. The van der Waals surface area contributed by atoms with Gasteiger partial charge in [0.15, 0.2) is 11.5 Å².